The molecule has 19 aromatic rings. The second kappa shape index (κ2) is 36.4. The molecule has 4 heteroatoms. The molecule has 26 rings (SSSR count). The van der Waals surface area contributed by atoms with Gasteiger partial charge in [0.15, 0.2) is 5.56 Å². The van der Waals surface area contributed by atoms with Gasteiger partial charge in [0.25, 0.3) is 0 Å². The Hall–Kier alpha value is -13.1. The fourth-order valence-electron chi connectivity index (χ4n) is 26.6. The Morgan fingerprint density at radius 2 is 0.634 bits per heavy atom. The summed E-state index contributed by atoms with van der Waals surface area (Å²) in [6.45, 7) is 28.6. The Morgan fingerprint density at radius 3 is 1.07 bits per heavy atom. The molecule has 7 aliphatic rings. The van der Waals surface area contributed by atoms with Crippen LogP contribution in [-0.4, -0.2) is 0 Å². The number of fused-ring (bicyclic) bond motifs is 9. The van der Waals surface area contributed by atoms with Gasteiger partial charge in [-0.15, -0.1) is 0 Å². The van der Waals surface area contributed by atoms with Gasteiger partial charge in [-0.3, -0.25) is 0 Å². The molecule has 3 fully saturated rings. The van der Waals surface area contributed by atoms with Crippen LogP contribution in [0.1, 0.15) is 256 Å². The second-order valence-corrected chi connectivity index (χ2v) is 45.7. The first-order valence-electron chi connectivity index (χ1n) is 52.6. The summed E-state index contributed by atoms with van der Waals surface area (Å²) in [6.07, 6.45) is 26.2. The van der Waals surface area contributed by atoms with Crippen LogP contribution in [0.15, 0.2) is 332 Å². The molecular weight excluding hydrogens is 1850 g/mol. The summed E-state index contributed by atoms with van der Waals surface area (Å²) < 4.78 is 2.24. The van der Waals surface area contributed by atoms with Crippen molar-refractivity contribution in [1.29, 1.82) is 0 Å². The van der Waals surface area contributed by atoms with E-state index in [-0.39, 0.29) is 16.2 Å². The Labute approximate surface area is 857 Å². The van der Waals surface area contributed by atoms with E-state index in [1.54, 1.807) is 22.3 Å². The smallest absolute Gasteiger partial charge is 0.156 e. The van der Waals surface area contributed by atoms with Crippen molar-refractivity contribution in [2.45, 2.75) is 220 Å². The van der Waals surface area contributed by atoms with Crippen LogP contribution in [0, 0.1) is 47.6 Å². The predicted octanol–water partition coefficient (Wildman–Crippen LogP) is 39.4. The first-order chi connectivity index (χ1) is 69.0. The molecule has 0 aromatic heterocycles. The standard InChI is InChI=1S/C86H80N2.C36H38.C16H7Br2/c1-53-35-37-63(57-23-13-9-14-24-57)49-77(53)87(79-51-69-73(47-55(79)3)85(5,6)71-33-21-31-65(83(69)71)59-27-17-11-18-28-59)75-45-41-61-40-44-68-76(46-42-62-39-43-67(75)81(61)82(62)68)88(78-50-64(38-36-54(78)2)58-25-15-10-16-26-58)80-52-70-74(48-56(80)4)86(7,8)72-34-22-32-66(84(70)72)60-29-19-12-20-30-60;1-24-18-19-28(26-12-7-5-8-13-26)21-29(24)22-30-23-32-34(20-25(30)2)36(3,4)33-17-11-16-31(35(32)33)27-14-9-6-10-15-27;17-13-8-4-10-2-6-12-14(18)7-3-9-1-5-11(13)16(10)15(9)12/h9-10,13-16,21-26,31-52,59-60H,11-12,17-20,27-30H2,1-8H3;5,7-8,11-13,16-21,23,27H,6,9-10,14-15,22H2,1-4H3;1-3,5-8H/q;;+1. The van der Waals surface area contributed by atoms with E-state index in [4.69, 9.17) is 0 Å². The molecule has 3 saturated carbocycles. The zero-order chi connectivity index (χ0) is 96.9. The van der Waals surface area contributed by atoms with Gasteiger partial charge in [-0.1, -0.05) is 376 Å². The molecule has 0 amide bonds. The highest BCUT2D eigenvalue weighted by atomic mass is 79.9. The number of allylic oxidation sites excluding steroid dienone is 1. The minimum Gasteiger partial charge on any atom is -0.309 e. The number of hydrogen-bond donors (Lipinski definition) is 0. The molecular formula is C138H125Br2N2+. The quantitative estimate of drug-likeness (QED) is 0.0791. The van der Waals surface area contributed by atoms with Crippen molar-refractivity contribution < 1.29 is 0 Å². The van der Waals surface area contributed by atoms with E-state index in [2.05, 4.69) is 452 Å². The van der Waals surface area contributed by atoms with Crippen LogP contribution in [0.5, 0.6) is 0 Å². The van der Waals surface area contributed by atoms with Gasteiger partial charge in [-0.2, -0.15) is 0 Å². The van der Waals surface area contributed by atoms with Crippen molar-refractivity contribution in [3.8, 4) is 66.8 Å². The molecule has 142 heavy (non-hydrogen) atoms. The predicted molar refractivity (Wildman–Crippen MR) is 614 cm³/mol. The van der Waals surface area contributed by atoms with Gasteiger partial charge in [-0.25, -0.2) is 0 Å². The van der Waals surface area contributed by atoms with Crippen molar-refractivity contribution in [2.75, 3.05) is 9.80 Å². The van der Waals surface area contributed by atoms with Crippen LogP contribution in [-0.2, 0) is 22.7 Å². The van der Waals surface area contributed by atoms with Gasteiger partial charge in [0.1, 0.15) is 4.48 Å². The van der Waals surface area contributed by atoms with Crippen molar-refractivity contribution in [3.63, 3.8) is 0 Å². The number of aryl methyl sites for hydroxylation is 6. The monoisotopic (exact) mass is 1970 g/mol. The van der Waals surface area contributed by atoms with E-state index in [1.807, 2.05) is 6.08 Å². The van der Waals surface area contributed by atoms with Gasteiger partial charge in [0, 0.05) is 93.1 Å². The second-order valence-electron chi connectivity index (χ2n) is 44.0. The zero-order valence-corrected chi connectivity index (χ0v) is 87.5. The van der Waals surface area contributed by atoms with Crippen molar-refractivity contribution in [1.82, 2.24) is 0 Å². The number of rotatable bonds is 14. The molecule has 0 saturated heterocycles. The SMILES string of the molecule is BrC1=c2ccc3ccc(Br)c4ccc(c2c34)[C+]=C1.Cc1ccc(-c2ccccc2)cc1Cc1cc2c(cc1C)C(C)(C)c1cccc(C3CCCCC3)c1-2.Cc1ccc(-c2ccccc2)cc1N(c1cc2c(cc1C)C(C)(C)c1cccc(C3CCCCC3)c1-2)c1ccc2ccc3c(N(c4cc(-c5ccccc5)ccc4C)c4cc5c(cc4C)C(C)(C)c4cccc(C6CCCCC6)c4-5)ccc4ccc1c2c43. The van der Waals surface area contributed by atoms with Gasteiger partial charge in [0.2, 0.25) is 0 Å². The average Bonchev–Trinajstić information content (AvgIpc) is 1.62. The van der Waals surface area contributed by atoms with Crippen LogP contribution in [0.25, 0.3) is 125 Å². The third kappa shape index (κ3) is 15.5. The summed E-state index contributed by atoms with van der Waals surface area (Å²) in [4.78, 5) is 5.30. The Morgan fingerprint density at radius 1 is 0.275 bits per heavy atom. The van der Waals surface area contributed by atoms with Gasteiger partial charge < -0.3 is 9.80 Å². The van der Waals surface area contributed by atoms with Crippen molar-refractivity contribution in [2.24, 2.45) is 0 Å². The van der Waals surface area contributed by atoms with Gasteiger partial charge in [0.05, 0.1) is 28.1 Å². The van der Waals surface area contributed by atoms with Crippen LogP contribution < -0.4 is 15.0 Å². The van der Waals surface area contributed by atoms with Crippen LogP contribution in [0.3, 0.4) is 0 Å². The number of hydrogen-bond acceptors (Lipinski definition) is 2. The molecule has 0 spiro atoms. The third-order valence-electron chi connectivity index (χ3n) is 34.4. The summed E-state index contributed by atoms with van der Waals surface area (Å²) in [6, 6.07) is 123. The highest BCUT2D eigenvalue weighted by Gasteiger charge is 2.44. The topological polar surface area (TPSA) is 6.48 Å². The van der Waals surface area contributed by atoms with E-state index in [0.29, 0.717) is 17.8 Å². The Bertz CT molecular complexity index is 8050. The molecule has 0 heterocycles. The number of nitrogens with zero attached hydrogens (tertiary/aromatic N) is 2. The maximum Gasteiger partial charge on any atom is 0.156 e. The first-order valence-corrected chi connectivity index (χ1v) is 54.2. The lowest BCUT2D eigenvalue weighted by molar-refractivity contribution is 0.444. The maximum absolute atomic E-state index is 3.64. The van der Waals surface area contributed by atoms with E-state index in [0.717, 1.165) is 15.4 Å². The highest BCUT2D eigenvalue weighted by molar-refractivity contribution is 9.15. The normalized spacial score (nSPS) is 15.8. The average molecular weight is 1970 g/mol. The summed E-state index contributed by atoms with van der Waals surface area (Å²) in [5, 5.41) is 14.0. The van der Waals surface area contributed by atoms with E-state index in [9.17, 15) is 0 Å². The molecule has 19 aromatic carbocycles. The van der Waals surface area contributed by atoms with E-state index in [1.165, 1.54) is 334 Å². The third-order valence-corrected chi connectivity index (χ3v) is 35.8. The lowest BCUT2D eigenvalue weighted by Crippen LogP contribution is -2.17. The summed E-state index contributed by atoms with van der Waals surface area (Å²) >= 11 is 7.25. The van der Waals surface area contributed by atoms with Gasteiger partial charge >= 0.3 is 0 Å². The molecule has 0 radical (unpaired) electrons. The summed E-state index contributed by atoms with van der Waals surface area (Å²) in [5.41, 5.74) is 48.8. The first kappa shape index (κ1) is 91.4. The fraction of sp³-hybridized carbons (Fsp3) is 0.246. The highest BCUT2D eigenvalue weighted by Crippen LogP contribution is 2.61. The Balaban J connectivity index is 0.000000163. The summed E-state index contributed by atoms with van der Waals surface area (Å²) in [7, 11) is 0. The number of benzene rings is 19. The van der Waals surface area contributed by atoms with E-state index >= 15 is 0 Å². The zero-order valence-electron chi connectivity index (χ0n) is 84.4. The molecule has 7 aliphatic carbocycles. The molecule has 0 unspecified atom stereocenters. The fourth-order valence-corrected chi connectivity index (χ4v) is 27.6. The van der Waals surface area contributed by atoms with Crippen molar-refractivity contribution in [3.05, 3.63) is 444 Å². The van der Waals surface area contributed by atoms with E-state index < -0.39 is 0 Å². The molecule has 0 atom stereocenters. The summed E-state index contributed by atoms with van der Waals surface area (Å²) in [5.74, 6) is 1.88. The molecule has 0 aliphatic heterocycles. The van der Waals surface area contributed by atoms with Crippen LogP contribution >= 0.6 is 31.9 Å². The van der Waals surface area contributed by atoms with Crippen LogP contribution in [0.2, 0.25) is 0 Å². The minimum atomic E-state index is -0.121. The number of halogens is 2. The molecule has 2 nitrogen and oxygen atoms in total. The lowest BCUT2D eigenvalue weighted by Gasteiger charge is -2.33. The van der Waals surface area contributed by atoms with Crippen LogP contribution in [0.4, 0.5) is 34.1 Å². The van der Waals surface area contributed by atoms with Gasteiger partial charge in [-0.05, 0) is 347 Å². The largest absolute Gasteiger partial charge is 0.309 e. The van der Waals surface area contributed by atoms with Crippen molar-refractivity contribution >= 4 is 124 Å². The minimum absolute atomic E-state index is 0.0573. The Kier molecular flexibility index (Phi) is 23.5. The molecule has 700 valence electrons. The molecule has 0 bridgehead atoms. The molecule has 0 N–H and O–H groups in total. The maximum atomic E-state index is 3.64. The number of anilines is 6. The lowest BCUT2D eigenvalue weighted by atomic mass is 9.78.